The molecular formula is C13H25NO2. The van der Waals surface area contributed by atoms with Gasteiger partial charge in [0.15, 0.2) is 0 Å². The molecule has 0 aromatic rings. The molecule has 1 atom stereocenters. The van der Waals surface area contributed by atoms with E-state index in [9.17, 15) is 4.79 Å². The molecule has 3 nitrogen and oxygen atoms in total. The van der Waals surface area contributed by atoms with Crippen LogP contribution >= 0.6 is 0 Å². The number of likely N-dealkylation sites (N-methyl/N-ethyl adjacent to an activating group) is 1. The van der Waals surface area contributed by atoms with Gasteiger partial charge in [-0.25, -0.2) is 0 Å². The van der Waals surface area contributed by atoms with Gasteiger partial charge < -0.3 is 9.64 Å². The maximum atomic E-state index is 12.0. The number of rotatable bonds is 6. The van der Waals surface area contributed by atoms with Gasteiger partial charge in [-0.15, -0.1) is 0 Å². The van der Waals surface area contributed by atoms with E-state index in [1.807, 2.05) is 6.92 Å². The third-order valence-corrected chi connectivity index (χ3v) is 3.51. The lowest BCUT2D eigenvalue weighted by Gasteiger charge is -2.21. The Kier molecular flexibility index (Phi) is 4.93. The topological polar surface area (TPSA) is 29.5 Å². The van der Waals surface area contributed by atoms with Gasteiger partial charge >= 0.3 is 0 Å². The Labute approximate surface area is 99.1 Å². The number of carbonyl (C=O) groups excluding carboxylic acids is 1. The summed E-state index contributed by atoms with van der Waals surface area (Å²) in [6, 6.07) is 0. The lowest BCUT2D eigenvalue weighted by molar-refractivity contribution is -0.127. The molecule has 1 aliphatic carbocycles. The van der Waals surface area contributed by atoms with Crippen molar-refractivity contribution in [3.05, 3.63) is 0 Å². The maximum absolute atomic E-state index is 12.0. The van der Waals surface area contributed by atoms with Crippen LogP contribution in [0.25, 0.3) is 0 Å². The molecule has 0 heterocycles. The van der Waals surface area contributed by atoms with Crippen molar-refractivity contribution in [1.82, 2.24) is 4.90 Å². The normalized spacial score (nSPS) is 24.3. The highest BCUT2D eigenvalue weighted by atomic mass is 16.5. The van der Waals surface area contributed by atoms with Crippen LogP contribution in [-0.4, -0.2) is 44.0 Å². The van der Waals surface area contributed by atoms with Crippen molar-refractivity contribution in [3.63, 3.8) is 0 Å². The zero-order chi connectivity index (χ0) is 12.2. The summed E-state index contributed by atoms with van der Waals surface area (Å²) in [6.45, 7) is 9.46. The molecule has 1 unspecified atom stereocenters. The average Bonchev–Trinajstić information content (AvgIpc) is 2.46. The second-order valence-corrected chi connectivity index (χ2v) is 5.44. The molecule has 1 aliphatic rings. The summed E-state index contributed by atoms with van der Waals surface area (Å²) >= 11 is 0. The van der Waals surface area contributed by atoms with Crippen LogP contribution in [0.3, 0.4) is 0 Å². The van der Waals surface area contributed by atoms with E-state index in [1.54, 1.807) is 0 Å². The quantitative estimate of drug-likeness (QED) is 0.650. The molecular weight excluding hydrogens is 202 g/mol. The Morgan fingerprint density at radius 3 is 2.69 bits per heavy atom. The fraction of sp³-hybridized carbons (Fsp3) is 0.923. The highest BCUT2D eigenvalue weighted by molar-refractivity contribution is 5.88. The minimum Gasteiger partial charge on any atom is -0.380 e. The van der Waals surface area contributed by atoms with Gasteiger partial charge in [0.2, 0.25) is 0 Å². The van der Waals surface area contributed by atoms with Gasteiger partial charge in [-0.2, -0.15) is 0 Å². The van der Waals surface area contributed by atoms with Crippen LogP contribution in [0.4, 0.5) is 0 Å². The molecule has 0 spiro atoms. The van der Waals surface area contributed by atoms with Crippen molar-refractivity contribution in [2.45, 2.75) is 33.6 Å². The smallest absolute Gasteiger partial charge is 0.142 e. The highest BCUT2D eigenvalue weighted by Crippen LogP contribution is 2.37. The first-order valence-electron chi connectivity index (χ1n) is 6.28. The zero-order valence-electron chi connectivity index (χ0n) is 11.1. The minimum atomic E-state index is -0.0918. The molecule has 94 valence electrons. The van der Waals surface area contributed by atoms with E-state index in [1.165, 1.54) is 0 Å². The molecule has 1 saturated carbocycles. The SMILES string of the molecule is CCOCCN(C)CC1CCC(C)(C)C1=O. The van der Waals surface area contributed by atoms with Crippen LogP contribution in [0.15, 0.2) is 0 Å². The molecule has 0 N–H and O–H groups in total. The fourth-order valence-corrected chi connectivity index (χ4v) is 2.35. The Morgan fingerprint density at radius 1 is 1.50 bits per heavy atom. The number of hydrogen-bond acceptors (Lipinski definition) is 3. The van der Waals surface area contributed by atoms with Gasteiger partial charge in [0.05, 0.1) is 6.61 Å². The number of ketones is 1. The Morgan fingerprint density at radius 2 is 2.19 bits per heavy atom. The summed E-state index contributed by atoms with van der Waals surface area (Å²) in [5.41, 5.74) is -0.0918. The van der Waals surface area contributed by atoms with Crippen LogP contribution in [0.2, 0.25) is 0 Å². The molecule has 0 aromatic heterocycles. The van der Waals surface area contributed by atoms with Gasteiger partial charge in [0.25, 0.3) is 0 Å². The molecule has 1 fully saturated rings. The molecule has 0 aromatic carbocycles. The first-order chi connectivity index (χ1) is 7.47. The Hall–Kier alpha value is -0.410. The van der Waals surface area contributed by atoms with Crippen LogP contribution in [0.5, 0.6) is 0 Å². The van der Waals surface area contributed by atoms with Gasteiger partial charge in [0.1, 0.15) is 5.78 Å². The molecule has 0 aliphatic heterocycles. The van der Waals surface area contributed by atoms with Gasteiger partial charge in [-0.05, 0) is 26.8 Å². The molecule has 16 heavy (non-hydrogen) atoms. The van der Waals surface area contributed by atoms with E-state index >= 15 is 0 Å². The number of nitrogens with zero attached hydrogens (tertiary/aromatic N) is 1. The maximum Gasteiger partial charge on any atom is 0.142 e. The lowest BCUT2D eigenvalue weighted by atomic mass is 9.89. The third kappa shape index (κ3) is 3.56. The standard InChI is InChI=1S/C13H25NO2/c1-5-16-9-8-14(4)10-11-6-7-13(2,3)12(11)15/h11H,5-10H2,1-4H3. The molecule has 3 heteroatoms. The average molecular weight is 227 g/mol. The van der Waals surface area contributed by atoms with E-state index in [0.29, 0.717) is 5.78 Å². The first kappa shape index (κ1) is 13.7. The van der Waals surface area contributed by atoms with E-state index in [2.05, 4.69) is 25.8 Å². The van der Waals surface area contributed by atoms with Crippen LogP contribution in [0.1, 0.15) is 33.6 Å². The molecule has 0 saturated heterocycles. The molecule has 0 amide bonds. The summed E-state index contributed by atoms with van der Waals surface area (Å²) < 4.78 is 5.31. The number of carbonyl (C=O) groups is 1. The molecule has 0 radical (unpaired) electrons. The molecule has 0 bridgehead atoms. The van der Waals surface area contributed by atoms with E-state index < -0.39 is 0 Å². The van der Waals surface area contributed by atoms with Gasteiger partial charge in [0, 0.05) is 31.0 Å². The van der Waals surface area contributed by atoms with Crippen molar-refractivity contribution < 1.29 is 9.53 Å². The van der Waals surface area contributed by atoms with E-state index in [0.717, 1.165) is 39.1 Å². The summed E-state index contributed by atoms with van der Waals surface area (Å²) in [4.78, 5) is 14.2. The lowest BCUT2D eigenvalue weighted by Crippen LogP contribution is -2.33. The Bertz CT molecular complexity index is 238. The first-order valence-corrected chi connectivity index (χ1v) is 6.28. The third-order valence-electron chi connectivity index (χ3n) is 3.51. The van der Waals surface area contributed by atoms with E-state index in [4.69, 9.17) is 4.74 Å². The fourth-order valence-electron chi connectivity index (χ4n) is 2.35. The van der Waals surface area contributed by atoms with Crippen LogP contribution < -0.4 is 0 Å². The van der Waals surface area contributed by atoms with Crippen LogP contribution in [-0.2, 0) is 9.53 Å². The number of ether oxygens (including phenoxy) is 1. The van der Waals surface area contributed by atoms with Crippen molar-refractivity contribution >= 4 is 5.78 Å². The Balaban J connectivity index is 2.30. The van der Waals surface area contributed by atoms with E-state index in [-0.39, 0.29) is 11.3 Å². The largest absolute Gasteiger partial charge is 0.380 e. The van der Waals surface area contributed by atoms with Crippen molar-refractivity contribution in [2.24, 2.45) is 11.3 Å². The molecule has 1 rings (SSSR count). The van der Waals surface area contributed by atoms with Crippen molar-refractivity contribution in [2.75, 3.05) is 33.4 Å². The summed E-state index contributed by atoms with van der Waals surface area (Å²) in [5, 5.41) is 0. The van der Waals surface area contributed by atoms with Crippen molar-refractivity contribution in [3.8, 4) is 0 Å². The van der Waals surface area contributed by atoms with Crippen LogP contribution in [0, 0.1) is 11.3 Å². The zero-order valence-corrected chi connectivity index (χ0v) is 11.1. The number of Topliss-reactive ketones (excluding diaryl/α,β-unsaturated/α-hetero) is 1. The predicted octanol–water partition coefficient (Wildman–Crippen LogP) is 1.96. The highest BCUT2D eigenvalue weighted by Gasteiger charge is 2.40. The summed E-state index contributed by atoms with van der Waals surface area (Å²) in [6.07, 6.45) is 2.08. The number of hydrogen-bond donors (Lipinski definition) is 0. The monoisotopic (exact) mass is 227 g/mol. The minimum absolute atomic E-state index is 0.0918. The summed E-state index contributed by atoms with van der Waals surface area (Å²) in [7, 11) is 2.07. The summed E-state index contributed by atoms with van der Waals surface area (Å²) in [5.74, 6) is 0.678. The second-order valence-electron chi connectivity index (χ2n) is 5.44. The predicted molar refractivity (Wildman–Crippen MR) is 65.5 cm³/mol. The van der Waals surface area contributed by atoms with Crippen molar-refractivity contribution in [1.29, 1.82) is 0 Å². The second kappa shape index (κ2) is 5.78. The van der Waals surface area contributed by atoms with Gasteiger partial charge in [-0.1, -0.05) is 13.8 Å². The van der Waals surface area contributed by atoms with Gasteiger partial charge in [-0.3, -0.25) is 4.79 Å².